The molecular formula is C12H15BrOS. The number of carbonyl (C=O) groups is 1. The molecular weight excluding hydrogens is 272 g/mol. The average Bonchev–Trinajstić information content (AvgIpc) is 2.73. The van der Waals surface area contributed by atoms with Crippen LogP contribution >= 0.6 is 27.3 Å². The molecule has 0 saturated carbocycles. The third-order valence-corrected chi connectivity index (χ3v) is 4.33. The number of hydrogen-bond acceptors (Lipinski definition) is 2. The van der Waals surface area contributed by atoms with Gasteiger partial charge in [-0.3, -0.25) is 0 Å². The molecule has 0 aromatic carbocycles. The normalized spacial score (nSPS) is 14.5. The van der Waals surface area contributed by atoms with Crippen LogP contribution < -0.4 is 0 Å². The quantitative estimate of drug-likeness (QED) is 0.714. The van der Waals surface area contributed by atoms with E-state index in [1.54, 1.807) is 11.3 Å². The second-order valence-corrected chi connectivity index (χ2v) is 5.48. The highest BCUT2D eigenvalue weighted by molar-refractivity contribution is 9.11. The van der Waals surface area contributed by atoms with Gasteiger partial charge in [0.25, 0.3) is 0 Å². The van der Waals surface area contributed by atoms with Crippen molar-refractivity contribution in [3.8, 4) is 0 Å². The predicted octanol–water partition coefficient (Wildman–Crippen LogP) is 4.28. The molecule has 0 aliphatic heterocycles. The maximum atomic E-state index is 11.4. The number of hydrogen-bond donors (Lipinski definition) is 0. The van der Waals surface area contributed by atoms with E-state index in [1.165, 1.54) is 0 Å². The second kappa shape index (κ2) is 5.61. The minimum absolute atomic E-state index is 0.524. The zero-order valence-corrected chi connectivity index (χ0v) is 11.2. The Morgan fingerprint density at radius 1 is 1.73 bits per heavy atom. The summed E-state index contributed by atoms with van der Waals surface area (Å²) in [5.74, 6) is 0. The smallest absolute Gasteiger partial charge is 0.136 e. The van der Waals surface area contributed by atoms with E-state index in [-0.39, 0.29) is 0 Å². The molecule has 15 heavy (non-hydrogen) atoms. The van der Waals surface area contributed by atoms with Crippen LogP contribution in [0.25, 0.3) is 0 Å². The molecule has 0 aliphatic carbocycles. The van der Waals surface area contributed by atoms with Crippen LogP contribution in [0.3, 0.4) is 0 Å². The van der Waals surface area contributed by atoms with Crippen LogP contribution in [-0.4, -0.2) is 6.29 Å². The van der Waals surface area contributed by atoms with Gasteiger partial charge in [0.2, 0.25) is 0 Å². The Kier molecular flexibility index (Phi) is 4.74. The van der Waals surface area contributed by atoms with Crippen molar-refractivity contribution in [3.63, 3.8) is 0 Å². The molecule has 0 unspecified atom stereocenters. The van der Waals surface area contributed by atoms with Gasteiger partial charge < -0.3 is 4.79 Å². The standard InChI is InChI=1S/C12H15BrOS/c1-3-4-7-12(9-14,10(2)13)11-6-5-8-15-11/h5-6,8-9H,2-4,7H2,1H3/t12-/m1/s1. The summed E-state index contributed by atoms with van der Waals surface area (Å²) in [4.78, 5) is 12.5. The highest BCUT2D eigenvalue weighted by Gasteiger charge is 2.34. The molecule has 1 nitrogen and oxygen atoms in total. The first-order valence-corrected chi connectivity index (χ1v) is 6.70. The molecule has 0 fully saturated rings. The number of rotatable bonds is 6. The number of allylic oxidation sites excluding steroid dienone is 1. The van der Waals surface area contributed by atoms with Gasteiger partial charge in [0.1, 0.15) is 6.29 Å². The first-order chi connectivity index (χ1) is 7.17. The Morgan fingerprint density at radius 3 is 2.87 bits per heavy atom. The lowest BCUT2D eigenvalue weighted by Crippen LogP contribution is -2.26. The van der Waals surface area contributed by atoms with Crippen molar-refractivity contribution in [2.45, 2.75) is 31.6 Å². The molecule has 1 rings (SSSR count). The van der Waals surface area contributed by atoms with Gasteiger partial charge in [0.05, 0.1) is 5.41 Å². The molecule has 0 bridgehead atoms. The monoisotopic (exact) mass is 286 g/mol. The molecule has 3 heteroatoms. The molecule has 1 aromatic heterocycles. The Labute approximate surface area is 103 Å². The van der Waals surface area contributed by atoms with Crippen molar-refractivity contribution >= 4 is 33.6 Å². The lowest BCUT2D eigenvalue weighted by molar-refractivity contribution is -0.111. The van der Waals surface area contributed by atoms with Gasteiger partial charge in [-0.2, -0.15) is 0 Å². The van der Waals surface area contributed by atoms with Gasteiger partial charge in [0, 0.05) is 9.36 Å². The third kappa shape index (κ3) is 2.58. The number of carbonyl (C=O) groups excluding carboxylic acids is 1. The zero-order chi connectivity index (χ0) is 11.3. The maximum Gasteiger partial charge on any atom is 0.136 e. The van der Waals surface area contributed by atoms with E-state index < -0.39 is 5.41 Å². The van der Waals surface area contributed by atoms with Crippen molar-refractivity contribution in [2.24, 2.45) is 0 Å². The van der Waals surface area contributed by atoms with E-state index in [9.17, 15) is 4.79 Å². The largest absolute Gasteiger partial charge is 0.302 e. The Balaban J connectivity index is 3.04. The lowest BCUT2D eigenvalue weighted by atomic mass is 9.83. The van der Waals surface area contributed by atoms with Gasteiger partial charge in [-0.25, -0.2) is 0 Å². The summed E-state index contributed by atoms with van der Waals surface area (Å²) in [5.41, 5.74) is -0.524. The fraction of sp³-hybridized carbons (Fsp3) is 0.417. The lowest BCUT2D eigenvalue weighted by Gasteiger charge is -2.26. The molecule has 0 spiro atoms. The number of halogens is 1. The van der Waals surface area contributed by atoms with Gasteiger partial charge in [-0.15, -0.1) is 11.3 Å². The van der Waals surface area contributed by atoms with Crippen molar-refractivity contribution in [1.82, 2.24) is 0 Å². The summed E-state index contributed by atoms with van der Waals surface area (Å²) in [6, 6.07) is 3.97. The SMILES string of the molecule is C=C(Br)[C@](C=O)(CCCC)c1cccs1. The fourth-order valence-corrected chi connectivity index (χ4v) is 3.14. The van der Waals surface area contributed by atoms with E-state index in [1.807, 2.05) is 17.5 Å². The Bertz CT molecular complexity index is 331. The first-order valence-electron chi connectivity index (χ1n) is 5.02. The highest BCUT2D eigenvalue weighted by Crippen LogP contribution is 2.39. The van der Waals surface area contributed by atoms with Crippen LogP contribution in [0.5, 0.6) is 0 Å². The summed E-state index contributed by atoms with van der Waals surface area (Å²) < 4.78 is 0.765. The Hall–Kier alpha value is -0.410. The van der Waals surface area contributed by atoms with Crippen LogP contribution in [0.15, 0.2) is 28.6 Å². The van der Waals surface area contributed by atoms with Crippen LogP contribution in [0.2, 0.25) is 0 Å². The van der Waals surface area contributed by atoms with Crippen LogP contribution in [0.4, 0.5) is 0 Å². The summed E-state index contributed by atoms with van der Waals surface area (Å²) in [6.45, 7) is 6.03. The fourth-order valence-electron chi connectivity index (χ4n) is 1.56. The molecule has 0 radical (unpaired) electrons. The molecule has 0 saturated heterocycles. The van der Waals surface area contributed by atoms with Crippen molar-refractivity contribution in [3.05, 3.63) is 33.5 Å². The van der Waals surface area contributed by atoms with E-state index in [0.29, 0.717) is 0 Å². The minimum Gasteiger partial charge on any atom is -0.302 e. The predicted molar refractivity (Wildman–Crippen MR) is 69.7 cm³/mol. The molecule has 0 amide bonds. The van der Waals surface area contributed by atoms with Crippen LogP contribution in [-0.2, 0) is 10.2 Å². The Morgan fingerprint density at radius 2 is 2.47 bits per heavy atom. The maximum absolute atomic E-state index is 11.4. The molecule has 0 aliphatic rings. The van der Waals surface area contributed by atoms with E-state index in [4.69, 9.17) is 0 Å². The van der Waals surface area contributed by atoms with Crippen molar-refractivity contribution < 1.29 is 4.79 Å². The van der Waals surface area contributed by atoms with E-state index in [0.717, 1.165) is 34.9 Å². The number of thiophene rings is 1. The summed E-state index contributed by atoms with van der Waals surface area (Å²) in [6.07, 6.45) is 3.96. The van der Waals surface area contributed by atoms with Crippen LogP contribution in [0.1, 0.15) is 31.1 Å². The zero-order valence-electron chi connectivity index (χ0n) is 8.83. The molecule has 0 N–H and O–H groups in total. The number of unbranched alkanes of at least 4 members (excludes halogenated alkanes) is 1. The van der Waals surface area contributed by atoms with E-state index >= 15 is 0 Å². The topological polar surface area (TPSA) is 17.1 Å². The molecule has 1 aromatic rings. The van der Waals surface area contributed by atoms with Gasteiger partial charge >= 0.3 is 0 Å². The summed E-state index contributed by atoms with van der Waals surface area (Å²) in [7, 11) is 0. The average molecular weight is 287 g/mol. The van der Waals surface area contributed by atoms with Gasteiger partial charge in [-0.1, -0.05) is 48.3 Å². The van der Waals surface area contributed by atoms with Gasteiger partial charge in [0.15, 0.2) is 0 Å². The van der Waals surface area contributed by atoms with E-state index in [2.05, 4.69) is 29.4 Å². The molecule has 82 valence electrons. The molecule has 1 heterocycles. The van der Waals surface area contributed by atoms with Crippen LogP contribution in [0, 0.1) is 0 Å². The van der Waals surface area contributed by atoms with Crippen molar-refractivity contribution in [1.29, 1.82) is 0 Å². The minimum atomic E-state index is -0.524. The number of aldehydes is 1. The summed E-state index contributed by atoms with van der Waals surface area (Å²) >= 11 is 5.00. The first kappa shape index (κ1) is 12.7. The molecule has 1 atom stereocenters. The second-order valence-electron chi connectivity index (χ2n) is 3.57. The summed E-state index contributed by atoms with van der Waals surface area (Å²) in [5, 5.41) is 2.00. The van der Waals surface area contributed by atoms with Gasteiger partial charge in [-0.05, 0) is 17.9 Å². The third-order valence-electron chi connectivity index (χ3n) is 2.57. The van der Waals surface area contributed by atoms with Crippen molar-refractivity contribution in [2.75, 3.05) is 0 Å². The highest BCUT2D eigenvalue weighted by atomic mass is 79.9.